The van der Waals surface area contributed by atoms with Gasteiger partial charge in [-0.25, -0.2) is 0 Å². The van der Waals surface area contributed by atoms with Gasteiger partial charge in [-0.2, -0.15) is 0 Å². The molecule has 0 aromatic heterocycles. The molecule has 0 heterocycles. The van der Waals surface area contributed by atoms with Crippen molar-refractivity contribution in [1.82, 2.24) is 0 Å². The van der Waals surface area contributed by atoms with Crippen LogP contribution in [0.5, 0.6) is 0 Å². The van der Waals surface area contributed by atoms with E-state index in [0.717, 1.165) is 12.6 Å². The zero-order chi connectivity index (χ0) is 21.3. The highest BCUT2D eigenvalue weighted by Crippen LogP contribution is 2.47. The van der Waals surface area contributed by atoms with Crippen LogP contribution in [0, 0.1) is 0 Å². The van der Waals surface area contributed by atoms with E-state index in [2.05, 4.69) is 121 Å². The standard InChI is InChI=1S/C28H28OP2/c29-22-21-28(31(26-17-9-3-10-18-26)27-19-11-4-12-20-27)23-30(24-13-5-1-6-14-24)25-15-7-2-8-16-25/h1-20,28-29H,21-23H2/t28-/m0/s1. The highest BCUT2D eigenvalue weighted by Gasteiger charge is 2.28. The zero-order valence-corrected chi connectivity index (χ0v) is 19.4. The summed E-state index contributed by atoms with van der Waals surface area (Å²) in [6.45, 7) is 0.218. The number of hydrogen-bond donors (Lipinski definition) is 1. The average Bonchev–Trinajstić information content (AvgIpc) is 2.85. The Balaban J connectivity index is 1.76. The lowest BCUT2D eigenvalue weighted by molar-refractivity contribution is 0.289. The molecule has 0 aliphatic heterocycles. The molecule has 0 bridgehead atoms. The van der Waals surface area contributed by atoms with Crippen LogP contribution >= 0.6 is 15.8 Å². The van der Waals surface area contributed by atoms with Crippen molar-refractivity contribution in [3.05, 3.63) is 121 Å². The van der Waals surface area contributed by atoms with E-state index in [-0.39, 0.29) is 6.61 Å². The second-order valence-corrected chi connectivity index (χ2v) is 12.2. The van der Waals surface area contributed by atoms with Crippen LogP contribution in [0.2, 0.25) is 0 Å². The van der Waals surface area contributed by atoms with Crippen LogP contribution in [0.15, 0.2) is 121 Å². The topological polar surface area (TPSA) is 20.2 Å². The molecule has 156 valence electrons. The molecule has 0 unspecified atom stereocenters. The Morgan fingerprint density at radius 2 is 0.871 bits per heavy atom. The van der Waals surface area contributed by atoms with E-state index in [1.807, 2.05) is 0 Å². The molecule has 4 rings (SSSR count). The first kappa shape index (κ1) is 21.9. The Morgan fingerprint density at radius 3 is 1.23 bits per heavy atom. The largest absolute Gasteiger partial charge is 0.396 e. The predicted molar refractivity (Wildman–Crippen MR) is 139 cm³/mol. The summed E-state index contributed by atoms with van der Waals surface area (Å²) in [5.74, 6) is 0. The lowest BCUT2D eigenvalue weighted by Crippen LogP contribution is -2.28. The van der Waals surface area contributed by atoms with E-state index in [1.54, 1.807) is 0 Å². The van der Waals surface area contributed by atoms with Crippen LogP contribution in [-0.2, 0) is 0 Å². The Hall–Kier alpha value is -2.30. The molecule has 3 heteroatoms. The normalized spacial score (nSPS) is 12.2. The van der Waals surface area contributed by atoms with Crippen LogP contribution < -0.4 is 21.2 Å². The highest BCUT2D eigenvalue weighted by molar-refractivity contribution is 7.77. The molecule has 0 radical (unpaired) electrons. The van der Waals surface area contributed by atoms with E-state index in [4.69, 9.17) is 0 Å². The van der Waals surface area contributed by atoms with Crippen molar-refractivity contribution in [3.8, 4) is 0 Å². The van der Waals surface area contributed by atoms with Gasteiger partial charge in [0.05, 0.1) is 0 Å². The second-order valence-electron chi connectivity index (χ2n) is 7.49. The van der Waals surface area contributed by atoms with Gasteiger partial charge in [-0.05, 0) is 55.3 Å². The molecule has 0 saturated heterocycles. The van der Waals surface area contributed by atoms with Gasteiger partial charge in [0.15, 0.2) is 0 Å². The fourth-order valence-corrected chi connectivity index (χ4v) is 10.0. The van der Waals surface area contributed by atoms with Crippen LogP contribution in [-0.4, -0.2) is 23.5 Å². The fourth-order valence-electron chi connectivity index (χ4n) is 3.99. The van der Waals surface area contributed by atoms with Gasteiger partial charge in [-0.1, -0.05) is 121 Å². The van der Waals surface area contributed by atoms with Gasteiger partial charge in [-0.3, -0.25) is 0 Å². The molecule has 1 atom stereocenters. The summed E-state index contributed by atoms with van der Waals surface area (Å²) in [5, 5.41) is 15.6. The van der Waals surface area contributed by atoms with E-state index in [9.17, 15) is 5.11 Å². The first-order chi connectivity index (χ1) is 15.4. The van der Waals surface area contributed by atoms with Gasteiger partial charge < -0.3 is 5.11 Å². The Kier molecular flexibility index (Phi) is 8.03. The van der Waals surface area contributed by atoms with Gasteiger partial charge in [0, 0.05) is 6.61 Å². The first-order valence-corrected chi connectivity index (χ1v) is 13.7. The third-order valence-corrected chi connectivity index (χ3v) is 11.2. The van der Waals surface area contributed by atoms with Crippen molar-refractivity contribution in [2.75, 3.05) is 12.8 Å². The van der Waals surface area contributed by atoms with Crippen molar-refractivity contribution in [2.24, 2.45) is 0 Å². The Bertz CT molecular complexity index is 945. The van der Waals surface area contributed by atoms with Crippen LogP contribution in [0.25, 0.3) is 0 Å². The highest BCUT2D eigenvalue weighted by atomic mass is 31.1. The molecule has 0 spiro atoms. The van der Waals surface area contributed by atoms with Crippen LogP contribution in [0.1, 0.15) is 6.42 Å². The van der Waals surface area contributed by atoms with E-state index in [0.29, 0.717) is 5.66 Å². The summed E-state index contributed by atoms with van der Waals surface area (Å²) >= 11 is 0. The molecule has 0 aliphatic carbocycles. The van der Waals surface area contributed by atoms with Crippen molar-refractivity contribution >= 4 is 37.1 Å². The lowest BCUT2D eigenvalue weighted by Gasteiger charge is -2.32. The summed E-state index contributed by atoms with van der Waals surface area (Å²) in [7, 11) is -1.09. The first-order valence-electron chi connectivity index (χ1n) is 10.7. The van der Waals surface area contributed by atoms with Crippen LogP contribution in [0.4, 0.5) is 0 Å². The maximum atomic E-state index is 10.1. The molecule has 0 amide bonds. The van der Waals surface area contributed by atoms with Crippen molar-refractivity contribution < 1.29 is 5.11 Å². The molecular formula is C28H28OP2. The number of aliphatic hydroxyl groups is 1. The van der Waals surface area contributed by atoms with Gasteiger partial charge in [0.2, 0.25) is 0 Å². The second kappa shape index (κ2) is 11.4. The Labute approximate surface area is 188 Å². The van der Waals surface area contributed by atoms with Crippen molar-refractivity contribution in [1.29, 1.82) is 0 Å². The van der Waals surface area contributed by atoms with Gasteiger partial charge in [0.25, 0.3) is 0 Å². The molecule has 0 aliphatic rings. The molecule has 4 aromatic carbocycles. The van der Waals surface area contributed by atoms with E-state index >= 15 is 0 Å². The van der Waals surface area contributed by atoms with Crippen LogP contribution in [0.3, 0.4) is 0 Å². The molecule has 4 aromatic rings. The summed E-state index contributed by atoms with van der Waals surface area (Å²) in [6.07, 6.45) is 1.88. The molecule has 31 heavy (non-hydrogen) atoms. The van der Waals surface area contributed by atoms with Crippen molar-refractivity contribution in [2.45, 2.75) is 12.1 Å². The molecule has 0 fully saturated rings. The number of rotatable bonds is 9. The molecule has 0 saturated carbocycles. The Morgan fingerprint density at radius 1 is 0.516 bits per heavy atom. The summed E-state index contributed by atoms with van der Waals surface area (Å²) in [5.41, 5.74) is 0.399. The third-order valence-electron chi connectivity index (χ3n) is 5.43. The van der Waals surface area contributed by atoms with E-state index < -0.39 is 15.8 Å². The summed E-state index contributed by atoms with van der Waals surface area (Å²) in [4.78, 5) is 0. The summed E-state index contributed by atoms with van der Waals surface area (Å²) in [6, 6.07) is 43.6. The maximum absolute atomic E-state index is 10.1. The number of hydrogen-bond acceptors (Lipinski definition) is 1. The molecule has 1 N–H and O–H groups in total. The smallest absolute Gasteiger partial charge is 0.0437 e. The molecular weight excluding hydrogens is 414 g/mol. The van der Waals surface area contributed by atoms with Gasteiger partial charge in [0.1, 0.15) is 0 Å². The average molecular weight is 442 g/mol. The fraction of sp³-hybridized carbons (Fsp3) is 0.143. The van der Waals surface area contributed by atoms with Gasteiger partial charge >= 0.3 is 0 Å². The van der Waals surface area contributed by atoms with Gasteiger partial charge in [-0.15, -0.1) is 0 Å². The van der Waals surface area contributed by atoms with E-state index in [1.165, 1.54) is 21.2 Å². The zero-order valence-electron chi connectivity index (χ0n) is 17.6. The SMILES string of the molecule is OCC[C@@H](CP(c1ccccc1)c1ccccc1)P(c1ccccc1)c1ccccc1. The monoisotopic (exact) mass is 442 g/mol. The minimum atomic E-state index is -0.577. The quantitative estimate of drug-likeness (QED) is 0.362. The van der Waals surface area contributed by atoms with Crippen molar-refractivity contribution in [3.63, 3.8) is 0 Å². The minimum absolute atomic E-state index is 0.218. The predicted octanol–water partition coefficient (Wildman–Crippen LogP) is 5.00. The number of aliphatic hydroxyl groups excluding tert-OH is 1. The minimum Gasteiger partial charge on any atom is -0.396 e. The summed E-state index contributed by atoms with van der Waals surface area (Å²) < 4.78 is 0. The lowest BCUT2D eigenvalue weighted by atomic mass is 10.3. The molecule has 1 nitrogen and oxygen atoms in total. The third kappa shape index (κ3) is 5.69. The number of benzene rings is 4. The maximum Gasteiger partial charge on any atom is 0.0437 e.